The van der Waals surface area contributed by atoms with Crippen LogP contribution in [0.15, 0.2) is 0 Å². The van der Waals surface area contributed by atoms with Crippen LogP contribution in [0.25, 0.3) is 0 Å². The van der Waals surface area contributed by atoms with Gasteiger partial charge in [-0.15, -0.1) is 0 Å². The molecule has 22 aliphatic rings. The third kappa shape index (κ3) is 13.1. The zero-order chi connectivity index (χ0) is 54.5. The SMILES string of the molecule is O=P(O)(O)OC[C@H]1O[C@@H]2O[C@H]3[C@H](O)[C@@H](O)[C@@H](O[C@H]4[C@H](O)[C@@H](O)[C@@H](O[C@H]5[C@H](O)[C@@H](O)[C@@H](O[C@H]6[C@H](O)[C@@H](O)[C@@H](O[C@H]7[C@H](O)[C@@H](O)[C@@H](O[C@H]1[C@H](O)[C@H]2O)O[C@@H]7CO)O[C@@H]6CO)O[C@@H]5COP(=O)(O)O)O[C@@H]4CO)O[C@@H]3CO. The molecule has 0 aromatic heterocycles. The summed E-state index contributed by atoms with van der Waals surface area (Å²) in [6.07, 6.45) is -64.1. The maximum absolute atomic E-state index is 11.8. The summed E-state index contributed by atoms with van der Waals surface area (Å²) in [7, 11) is -10.8. The van der Waals surface area contributed by atoms with Crippen LogP contribution in [0.4, 0.5) is 0 Å². The molecule has 22 heterocycles. The summed E-state index contributed by atoms with van der Waals surface area (Å²) in [5, 5.41) is 177. The average molecular weight is 1130 g/mol. The number of aliphatic hydroxyl groups excluding tert-OH is 16. The van der Waals surface area contributed by atoms with Gasteiger partial charge in [0.1, 0.15) is 146 Å². The molecule has 38 heteroatoms. The molecule has 30 atom stereocenters. The first-order chi connectivity index (χ1) is 34.7. The molecule has 36 nitrogen and oxygen atoms in total. The number of aliphatic hydroxyl groups is 16. The van der Waals surface area contributed by atoms with Gasteiger partial charge in [-0.2, -0.15) is 0 Å². The average Bonchev–Trinajstić information content (AvgIpc) is 3.34. The van der Waals surface area contributed by atoms with Crippen molar-refractivity contribution in [2.45, 2.75) is 184 Å². The number of phosphoric ester groups is 2. The van der Waals surface area contributed by atoms with Crippen LogP contribution in [0.3, 0.4) is 0 Å². The molecule has 0 unspecified atom stereocenters. The second-order valence-corrected chi connectivity index (χ2v) is 20.5. The van der Waals surface area contributed by atoms with Gasteiger partial charge >= 0.3 is 15.6 Å². The molecule has 20 N–H and O–H groups in total. The summed E-state index contributed by atoms with van der Waals surface area (Å²) in [6.45, 7) is -6.94. The molecule has 0 aromatic carbocycles. The molecule has 22 fully saturated rings. The van der Waals surface area contributed by atoms with Crippen LogP contribution in [0, 0.1) is 0 Å². The lowest BCUT2D eigenvalue weighted by Crippen LogP contribution is -2.69. The third-order valence-corrected chi connectivity index (χ3v) is 14.1. The van der Waals surface area contributed by atoms with E-state index in [0.29, 0.717) is 0 Å². The molecule has 74 heavy (non-hydrogen) atoms. The molecule has 432 valence electrons. The molecule has 0 saturated carbocycles. The first kappa shape index (κ1) is 60.7. The lowest BCUT2D eigenvalue weighted by molar-refractivity contribution is -0.403. The predicted molar refractivity (Wildman–Crippen MR) is 218 cm³/mol. The Morgan fingerprint density at radius 3 is 0.595 bits per heavy atom. The van der Waals surface area contributed by atoms with E-state index in [1.54, 1.807) is 0 Å². The van der Waals surface area contributed by atoms with E-state index in [1.807, 2.05) is 0 Å². The Morgan fingerprint density at radius 2 is 0.432 bits per heavy atom. The van der Waals surface area contributed by atoms with Crippen molar-refractivity contribution in [1.29, 1.82) is 0 Å². The van der Waals surface area contributed by atoms with Gasteiger partial charge in [0.2, 0.25) is 0 Å². The maximum Gasteiger partial charge on any atom is 0.469 e. The number of phosphoric acid groups is 2. The number of ether oxygens (including phenoxy) is 12. The van der Waals surface area contributed by atoms with Crippen LogP contribution in [0.5, 0.6) is 0 Å². The minimum absolute atomic E-state index is 1.12. The van der Waals surface area contributed by atoms with Crippen LogP contribution in [-0.2, 0) is 75.0 Å². The van der Waals surface area contributed by atoms with Crippen molar-refractivity contribution in [3.8, 4) is 0 Å². The van der Waals surface area contributed by atoms with Gasteiger partial charge in [-0.3, -0.25) is 9.05 Å². The van der Waals surface area contributed by atoms with Gasteiger partial charge in [0, 0.05) is 0 Å². The highest BCUT2D eigenvalue weighted by atomic mass is 31.2. The van der Waals surface area contributed by atoms with E-state index >= 15 is 0 Å². The molecule has 12 bridgehead atoms. The molecule has 0 spiro atoms. The first-order valence-corrected chi connectivity index (χ1v) is 25.6. The second kappa shape index (κ2) is 24.9. The fourth-order valence-electron chi connectivity index (χ4n) is 9.24. The minimum Gasteiger partial charge on any atom is -0.394 e. The van der Waals surface area contributed by atoms with E-state index in [0.717, 1.165) is 0 Å². The predicted octanol–water partition coefficient (Wildman–Crippen LogP) is -12.8. The van der Waals surface area contributed by atoms with Crippen molar-refractivity contribution in [1.82, 2.24) is 0 Å². The molecule has 0 aromatic rings. The Balaban J connectivity index is 1.23. The number of hydrogen-bond acceptors (Lipinski definition) is 32. The molecule has 0 radical (unpaired) electrons. The smallest absolute Gasteiger partial charge is 0.394 e. The normalized spacial score (nSPS) is 51.1. The highest BCUT2D eigenvalue weighted by Crippen LogP contribution is 2.42. The topological polar surface area (TPSA) is 568 Å². The van der Waals surface area contributed by atoms with Gasteiger partial charge in [0.05, 0.1) is 39.6 Å². The number of rotatable bonds is 10. The summed E-state index contributed by atoms with van der Waals surface area (Å²) in [5.74, 6) is 0. The Bertz CT molecular complexity index is 1750. The Kier molecular flexibility index (Phi) is 20.4. The largest absolute Gasteiger partial charge is 0.469 e. The second-order valence-electron chi connectivity index (χ2n) is 18.1. The molecular formula is C36H62O36P2. The monoisotopic (exact) mass is 1130 g/mol. The summed E-state index contributed by atoms with van der Waals surface area (Å²) in [6, 6.07) is 0. The van der Waals surface area contributed by atoms with E-state index in [4.69, 9.17) is 56.8 Å². The van der Waals surface area contributed by atoms with Gasteiger partial charge in [-0.1, -0.05) is 0 Å². The molecule has 22 saturated heterocycles. The van der Waals surface area contributed by atoms with Crippen LogP contribution >= 0.6 is 15.6 Å². The lowest BCUT2D eigenvalue weighted by atomic mass is 9.94. The molecule has 22 aliphatic heterocycles. The summed E-state index contributed by atoms with van der Waals surface area (Å²) >= 11 is 0. The lowest BCUT2D eigenvalue weighted by Gasteiger charge is -2.50. The molecule has 22 rings (SSSR count). The third-order valence-electron chi connectivity index (χ3n) is 13.1. The molecule has 0 amide bonds. The highest BCUT2D eigenvalue weighted by molar-refractivity contribution is 7.46. The van der Waals surface area contributed by atoms with Crippen LogP contribution in [0.2, 0.25) is 0 Å². The fourth-order valence-corrected chi connectivity index (χ4v) is 9.93. The maximum atomic E-state index is 11.8. The number of hydrogen-bond donors (Lipinski definition) is 20. The Morgan fingerprint density at radius 1 is 0.270 bits per heavy atom. The standard InChI is InChI=1S/C36H62O36P2/c37-1-7-25-15(43)21(49)33(63-7)71-29-11(5-59-73(53,54)55)65-35(23(51)17(29)45)70-28-10(4-40)62-32(20(48)14(28)42)68-26-8(2-38)64-34(22(50)16(26)44)72-30-12(6-60-74(56,57)58)66-36(24(52)18(30)46)69-27-9(3-39)61-31(67-25)19(47)13(27)41/h7-52H,1-6H2,(H2,53,54,55)(H2,56,57,58)/t7-,8-,9-,10-,11-,12-,13-,14-,15-,16-,17-,18-,19-,20-,21-,22-,23-,24-,25-,26-,27-,28-,29-,30-,31-,32-,33-,34-,35-,36-/m1/s1. The van der Waals surface area contributed by atoms with Crippen molar-refractivity contribution in [3.05, 3.63) is 0 Å². The molecular weight excluding hydrogens is 1070 g/mol. The van der Waals surface area contributed by atoms with Gasteiger partial charge in [0.15, 0.2) is 37.7 Å². The van der Waals surface area contributed by atoms with Crippen molar-refractivity contribution >= 4 is 15.6 Å². The first-order valence-electron chi connectivity index (χ1n) is 22.6. The van der Waals surface area contributed by atoms with Crippen LogP contribution in [0.1, 0.15) is 0 Å². The Hall–Kier alpha value is -0.900. The van der Waals surface area contributed by atoms with E-state index < -0.39 is 240 Å². The van der Waals surface area contributed by atoms with Gasteiger partial charge < -0.3 is 158 Å². The van der Waals surface area contributed by atoms with Crippen molar-refractivity contribution in [2.24, 2.45) is 0 Å². The van der Waals surface area contributed by atoms with E-state index in [2.05, 4.69) is 9.05 Å². The van der Waals surface area contributed by atoms with Gasteiger partial charge in [0.25, 0.3) is 0 Å². The van der Waals surface area contributed by atoms with E-state index in [9.17, 15) is 110 Å². The fraction of sp³-hybridized carbons (Fsp3) is 1.00. The van der Waals surface area contributed by atoms with Crippen LogP contribution in [-0.4, -0.2) is 325 Å². The molecule has 0 aliphatic carbocycles. The van der Waals surface area contributed by atoms with E-state index in [1.165, 1.54) is 0 Å². The van der Waals surface area contributed by atoms with Gasteiger partial charge in [-0.25, -0.2) is 9.13 Å². The quantitative estimate of drug-likeness (QED) is 0.0903. The summed E-state index contributed by atoms with van der Waals surface area (Å²) < 4.78 is 100. The minimum atomic E-state index is -5.40. The zero-order valence-corrected chi connectivity index (χ0v) is 39.7. The summed E-state index contributed by atoms with van der Waals surface area (Å²) in [4.78, 5) is 38.0. The zero-order valence-electron chi connectivity index (χ0n) is 37.9. The van der Waals surface area contributed by atoms with Crippen molar-refractivity contribution in [2.75, 3.05) is 39.6 Å². The van der Waals surface area contributed by atoms with Crippen molar-refractivity contribution < 1.29 is 176 Å². The van der Waals surface area contributed by atoms with Crippen LogP contribution < -0.4 is 0 Å². The van der Waals surface area contributed by atoms with Crippen molar-refractivity contribution in [3.63, 3.8) is 0 Å². The summed E-state index contributed by atoms with van der Waals surface area (Å²) in [5.41, 5.74) is 0. The Labute approximate surface area is 415 Å². The van der Waals surface area contributed by atoms with E-state index in [-0.39, 0.29) is 0 Å². The highest BCUT2D eigenvalue weighted by Gasteiger charge is 2.59. The van der Waals surface area contributed by atoms with Gasteiger partial charge in [-0.05, 0) is 0 Å².